The van der Waals surface area contributed by atoms with Crippen LogP contribution in [0.1, 0.15) is 60.1 Å². The first-order chi connectivity index (χ1) is 19.8. The van der Waals surface area contributed by atoms with Crippen LogP contribution in [0.2, 0.25) is 0 Å². The van der Waals surface area contributed by atoms with Crippen LogP contribution >= 0.6 is 0 Å². The maximum absolute atomic E-state index is 13.3. The molecule has 2 aromatic carbocycles. The van der Waals surface area contributed by atoms with Gasteiger partial charge in [0.15, 0.2) is 0 Å². The van der Waals surface area contributed by atoms with Gasteiger partial charge in [0.05, 0.1) is 14.2 Å². The Hall–Kier alpha value is -4.05. The summed E-state index contributed by atoms with van der Waals surface area (Å²) in [7, 11) is 3.31. The molecule has 3 rings (SSSR count). The number of amides is 2. The van der Waals surface area contributed by atoms with Gasteiger partial charge < -0.3 is 35.5 Å². The molecule has 41 heavy (non-hydrogen) atoms. The van der Waals surface area contributed by atoms with Crippen LogP contribution < -0.4 is 25.8 Å². The molecule has 5 N–H and O–H groups in total. The molecule has 10 heteroatoms. The smallest absolute Gasteiger partial charge is 0.323 e. The number of methoxy groups -OCH3 is 2. The lowest BCUT2D eigenvalue weighted by molar-refractivity contribution is -0.137. The summed E-state index contributed by atoms with van der Waals surface area (Å²) in [5.74, 6) is -0.186. The van der Waals surface area contributed by atoms with E-state index in [0.717, 1.165) is 60.1 Å². The van der Waals surface area contributed by atoms with Crippen molar-refractivity contribution in [1.29, 1.82) is 0 Å². The molecule has 0 bridgehead atoms. The topological polar surface area (TPSA) is 145 Å². The van der Waals surface area contributed by atoms with Crippen molar-refractivity contribution in [2.45, 2.75) is 64.5 Å². The van der Waals surface area contributed by atoms with Crippen molar-refractivity contribution in [3.8, 4) is 11.5 Å². The van der Waals surface area contributed by atoms with Gasteiger partial charge in [0.1, 0.15) is 29.8 Å². The highest BCUT2D eigenvalue weighted by Crippen LogP contribution is 2.31. The number of nitrogens with zero attached hydrogens (tertiary/aromatic N) is 1. The van der Waals surface area contributed by atoms with Gasteiger partial charge in [-0.3, -0.25) is 14.4 Å². The van der Waals surface area contributed by atoms with Crippen LogP contribution in [-0.4, -0.2) is 60.8 Å². The van der Waals surface area contributed by atoms with Crippen molar-refractivity contribution in [2.24, 2.45) is 5.73 Å². The van der Waals surface area contributed by atoms with Crippen molar-refractivity contribution in [3.05, 3.63) is 59.3 Å². The van der Waals surface area contributed by atoms with E-state index >= 15 is 0 Å². The number of hydrogen-bond acceptors (Lipinski definition) is 6. The van der Waals surface area contributed by atoms with Gasteiger partial charge in [-0.1, -0.05) is 24.6 Å². The van der Waals surface area contributed by atoms with E-state index in [1.807, 2.05) is 31.2 Å². The molecule has 222 valence electrons. The van der Waals surface area contributed by atoms with Crippen molar-refractivity contribution in [3.63, 3.8) is 0 Å². The van der Waals surface area contributed by atoms with Crippen LogP contribution in [0.25, 0.3) is 10.9 Å². The maximum Gasteiger partial charge on any atom is 0.323 e. The highest BCUT2D eigenvalue weighted by atomic mass is 16.5. The number of carbonyl (C=O) groups excluding carboxylic acids is 2. The zero-order chi connectivity index (χ0) is 29.8. The number of aryl methyl sites for hydroxylation is 1. The lowest BCUT2D eigenvalue weighted by Crippen LogP contribution is -2.47. The largest absolute Gasteiger partial charge is 0.496 e. The minimum absolute atomic E-state index is 0.201. The van der Waals surface area contributed by atoms with Crippen molar-refractivity contribution >= 4 is 28.7 Å². The van der Waals surface area contributed by atoms with E-state index in [-0.39, 0.29) is 18.1 Å². The van der Waals surface area contributed by atoms with Gasteiger partial charge in [-0.2, -0.15) is 0 Å². The molecular weight excluding hydrogens is 524 g/mol. The summed E-state index contributed by atoms with van der Waals surface area (Å²) < 4.78 is 12.5. The van der Waals surface area contributed by atoms with E-state index in [2.05, 4.69) is 10.6 Å². The van der Waals surface area contributed by atoms with Gasteiger partial charge >= 0.3 is 5.97 Å². The minimum Gasteiger partial charge on any atom is -0.496 e. The van der Waals surface area contributed by atoms with Gasteiger partial charge in [0, 0.05) is 23.0 Å². The number of unbranched alkanes of at least 4 members (excludes halogenated alkanes) is 3. The molecule has 1 heterocycles. The van der Waals surface area contributed by atoms with Crippen LogP contribution in [0.15, 0.2) is 42.5 Å². The summed E-state index contributed by atoms with van der Waals surface area (Å²) in [6.45, 7) is 2.61. The first kappa shape index (κ1) is 31.5. The predicted molar refractivity (Wildman–Crippen MR) is 159 cm³/mol. The van der Waals surface area contributed by atoms with Gasteiger partial charge in [-0.15, -0.1) is 0 Å². The fourth-order valence-corrected chi connectivity index (χ4v) is 5.00. The Balaban J connectivity index is 1.58. The zero-order valence-electron chi connectivity index (χ0n) is 24.2. The molecule has 0 saturated heterocycles. The molecule has 0 aliphatic heterocycles. The van der Waals surface area contributed by atoms with Crippen LogP contribution in [-0.2, 0) is 22.6 Å². The first-order valence-electron chi connectivity index (χ1n) is 14.1. The Morgan fingerprint density at radius 2 is 1.68 bits per heavy atom. The van der Waals surface area contributed by atoms with Gasteiger partial charge in [0.25, 0.3) is 5.91 Å². The summed E-state index contributed by atoms with van der Waals surface area (Å²) in [5, 5.41) is 16.0. The third-order valence-electron chi connectivity index (χ3n) is 7.06. The number of benzene rings is 2. The number of hydrogen-bond donors (Lipinski definition) is 4. The fourth-order valence-electron chi connectivity index (χ4n) is 5.00. The zero-order valence-corrected chi connectivity index (χ0v) is 24.2. The number of nitrogens with one attached hydrogen (secondary N) is 2. The number of para-hydroxylation sites is 1. The van der Waals surface area contributed by atoms with Crippen LogP contribution in [0.4, 0.5) is 0 Å². The molecule has 0 spiro atoms. The average molecular weight is 567 g/mol. The Morgan fingerprint density at radius 3 is 2.34 bits per heavy atom. The van der Waals surface area contributed by atoms with Gasteiger partial charge in [-0.25, -0.2) is 0 Å². The number of fused-ring (bicyclic) bond motifs is 1. The van der Waals surface area contributed by atoms with E-state index < -0.39 is 17.9 Å². The summed E-state index contributed by atoms with van der Waals surface area (Å²) in [6, 6.07) is 12.1. The van der Waals surface area contributed by atoms with Crippen molar-refractivity contribution < 1.29 is 29.0 Å². The third kappa shape index (κ3) is 8.72. The molecule has 2 amide bonds. The molecular formula is C31H42N4O6. The maximum atomic E-state index is 13.3. The monoisotopic (exact) mass is 566 g/mol. The quantitative estimate of drug-likeness (QED) is 0.182. The van der Waals surface area contributed by atoms with Crippen LogP contribution in [0.5, 0.6) is 11.5 Å². The standard InChI is InChI=1S/C31H42N4O6/c1-21-17-27(40-2)23(28(18-21)41-3)12-5-4-10-16-33-30(38)24(13-8-9-15-32)34-31(39)26-19-22-11-6-7-14-25(22)35(26)20-29(36)37/h6-7,11,14,17-19,24H,4-5,8-10,12-13,15-16,20,32H2,1-3H3,(H,33,38)(H,34,39)(H,36,37). The molecule has 0 saturated carbocycles. The predicted octanol–water partition coefficient (Wildman–Crippen LogP) is 3.81. The van der Waals surface area contributed by atoms with Gasteiger partial charge in [-0.05, 0) is 81.8 Å². The molecule has 3 aromatic rings. The van der Waals surface area contributed by atoms with E-state index in [1.54, 1.807) is 32.4 Å². The second-order valence-electron chi connectivity index (χ2n) is 10.1. The lowest BCUT2D eigenvalue weighted by Gasteiger charge is -2.19. The summed E-state index contributed by atoms with van der Waals surface area (Å²) in [6.07, 6.45) is 5.19. The number of carbonyl (C=O) groups is 3. The Bertz CT molecular complexity index is 1310. The molecule has 1 atom stereocenters. The summed E-state index contributed by atoms with van der Waals surface area (Å²) in [5.41, 5.74) is 8.59. The van der Waals surface area contributed by atoms with Gasteiger partial charge in [0.2, 0.25) is 5.91 Å². The first-order valence-corrected chi connectivity index (χ1v) is 14.1. The summed E-state index contributed by atoms with van der Waals surface area (Å²) >= 11 is 0. The van der Waals surface area contributed by atoms with E-state index in [1.165, 1.54) is 4.57 Å². The number of carboxylic acids is 1. The molecule has 0 radical (unpaired) electrons. The molecule has 0 aliphatic carbocycles. The number of rotatable bonds is 17. The second-order valence-corrected chi connectivity index (χ2v) is 10.1. The highest BCUT2D eigenvalue weighted by Gasteiger charge is 2.24. The fraction of sp³-hybridized carbons (Fsp3) is 0.452. The molecule has 10 nitrogen and oxygen atoms in total. The summed E-state index contributed by atoms with van der Waals surface area (Å²) in [4.78, 5) is 37.9. The Labute approximate surface area is 241 Å². The normalized spacial score (nSPS) is 11.7. The number of nitrogens with two attached hydrogens (primary N) is 1. The Kier molecular flexibility index (Phi) is 12.0. The lowest BCUT2D eigenvalue weighted by atomic mass is 10.0. The second kappa shape index (κ2) is 15.7. The molecule has 1 unspecified atom stereocenters. The number of aliphatic carboxylic acids is 1. The Morgan fingerprint density at radius 1 is 0.976 bits per heavy atom. The SMILES string of the molecule is COc1cc(C)cc(OC)c1CCCCCNC(=O)C(CCCCN)NC(=O)c1cc2ccccc2n1CC(=O)O. The van der Waals surface area contributed by atoms with E-state index in [0.29, 0.717) is 31.4 Å². The number of ether oxygens (including phenoxy) is 2. The van der Waals surface area contributed by atoms with Crippen LogP contribution in [0, 0.1) is 6.92 Å². The number of carboxylic acid groups (broad SMARTS) is 1. The van der Waals surface area contributed by atoms with E-state index in [4.69, 9.17) is 15.2 Å². The third-order valence-corrected chi connectivity index (χ3v) is 7.06. The van der Waals surface area contributed by atoms with Crippen LogP contribution in [0.3, 0.4) is 0 Å². The average Bonchev–Trinajstić information content (AvgIpc) is 3.32. The highest BCUT2D eigenvalue weighted by molar-refractivity contribution is 6.01. The number of aromatic nitrogens is 1. The minimum atomic E-state index is -1.06. The molecule has 0 aliphatic rings. The van der Waals surface area contributed by atoms with E-state index in [9.17, 15) is 19.5 Å². The van der Waals surface area contributed by atoms with Crippen molar-refractivity contribution in [2.75, 3.05) is 27.3 Å². The van der Waals surface area contributed by atoms with Crippen molar-refractivity contribution in [1.82, 2.24) is 15.2 Å². The molecule has 0 fully saturated rings. The molecule has 1 aromatic heterocycles.